The average Bonchev–Trinajstić information content (AvgIpc) is 2.73. The number of aromatic amines is 1. The summed E-state index contributed by atoms with van der Waals surface area (Å²) in [5.41, 5.74) is 7.61. The number of nitrogens with two attached hydrogens (primary N) is 1. The van der Waals surface area contributed by atoms with Gasteiger partial charge < -0.3 is 16.0 Å². The molecule has 1 unspecified atom stereocenters. The summed E-state index contributed by atoms with van der Waals surface area (Å²) in [7, 11) is 0. The van der Waals surface area contributed by atoms with Gasteiger partial charge in [0.1, 0.15) is 11.5 Å². The first-order valence-corrected chi connectivity index (χ1v) is 11.9. The molecule has 0 aliphatic heterocycles. The van der Waals surface area contributed by atoms with Crippen molar-refractivity contribution in [1.29, 1.82) is 0 Å². The van der Waals surface area contributed by atoms with Crippen LogP contribution in [0.25, 0.3) is 0 Å². The third-order valence-electron chi connectivity index (χ3n) is 5.59. The van der Waals surface area contributed by atoms with Gasteiger partial charge in [-0.2, -0.15) is 0 Å². The van der Waals surface area contributed by atoms with Crippen LogP contribution in [0.15, 0.2) is 33.9 Å². The lowest BCUT2D eigenvalue weighted by Gasteiger charge is -2.26. The van der Waals surface area contributed by atoms with Crippen LogP contribution < -0.4 is 27.2 Å². The Balaban J connectivity index is 2.18. The van der Waals surface area contributed by atoms with E-state index < -0.39 is 11.2 Å². The summed E-state index contributed by atoms with van der Waals surface area (Å²) in [5, 5.41) is 3.01. The molecule has 1 aromatic carbocycles. The normalized spacial score (nSPS) is 12.1. The highest BCUT2D eigenvalue weighted by molar-refractivity contribution is 5.82. The second kappa shape index (κ2) is 12.3. The third-order valence-corrected chi connectivity index (χ3v) is 5.59. The van der Waals surface area contributed by atoms with Crippen LogP contribution in [-0.2, 0) is 17.8 Å². The standard InChI is InChI=1S/C25H39N5O3/c1-6-8-14-30-23(26)22(24(32)28-25(30)33)29(13-7-2)16-21(31)27-18(5)20-11-9-19(10-12-20)15-17(3)4/h9-12,17-18H,6-8,13-16,26H2,1-5H3,(H,27,31)(H,28,32,33). The Kier molecular flexibility index (Phi) is 9.75. The number of anilines is 2. The first-order chi connectivity index (χ1) is 15.7. The van der Waals surface area contributed by atoms with Crippen molar-refractivity contribution in [2.45, 2.75) is 72.9 Å². The molecule has 182 valence electrons. The summed E-state index contributed by atoms with van der Waals surface area (Å²) in [6, 6.07) is 8.10. The van der Waals surface area contributed by atoms with E-state index in [2.05, 4.69) is 36.3 Å². The largest absolute Gasteiger partial charge is 0.383 e. The highest BCUT2D eigenvalue weighted by Gasteiger charge is 2.21. The zero-order valence-electron chi connectivity index (χ0n) is 20.6. The fourth-order valence-corrected chi connectivity index (χ4v) is 3.92. The molecule has 4 N–H and O–H groups in total. The molecule has 0 radical (unpaired) electrons. The van der Waals surface area contributed by atoms with Crippen molar-refractivity contribution in [3.63, 3.8) is 0 Å². The molecule has 8 heteroatoms. The number of carbonyl (C=O) groups is 1. The second-order valence-corrected chi connectivity index (χ2v) is 9.05. The van der Waals surface area contributed by atoms with Crippen molar-refractivity contribution in [3.05, 3.63) is 56.2 Å². The molecule has 0 aliphatic rings. The molecule has 0 spiro atoms. The van der Waals surface area contributed by atoms with Gasteiger partial charge in [0, 0.05) is 13.1 Å². The number of benzene rings is 1. The lowest BCUT2D eigenvalue weighted by Crippen LogP contribution is -2.43. The fourth-order valence-electron chi connectivity index (χ4n) is 3.92. The van der Waals surface area contributed by atoms with Gasteiger partial charge in [0.15, 0.2) is 0 Å². The average molecular weight is 458 g/mol. The van der Waals surface area contributed by atoms with Crippen molar-refractivity contribution < 1.29 is 4.79 Å². The van der Waals surface area contributed by atoms with Gasteiger partial charge in [-0.15, -0.1) is 0 Å². The molecule has 0 bridgehead atoms. The summed E-state index contributed by atoms with van der Waals surface area (Å²) in [6.07, 6.45) is 3.38. The maximum Gasteiger partial charge on any atom is 0.330 e. The topological polar surface area (TPSA) is 113 Å². The molecule has 1 aromatic heterocycles. The van der Waals surface area contributed by atoms with Crippen LogP contribution >= 0.6 is 0 Å². The SMILES string of the molecule is CCCCn1c(N)c(N(CCC)CC(=O)NC(C)c2ccc(CC(C)C)cc2)c(=O)[nH]c1=O. The molecular formula is C25H39N5O3. The highest BCUT2D eigenvalue weighted by atomic mass is 16.2. The van der Waals surface area contributed by atoms with E-state index in [1.165, 1.54) is 10.1 Å². The number of hydrogen-bond donors (Lipinski definition) is 3. The van der Waals surface area contributed by atoms with E-state index in [1.807, 2.05) is 32.9 Å². The minimum absolute atomic E-state index is 0.0249. The minimum Gasteiger partial charge on any atom is -0.383 e. The van der Waals surface area contributed by atoms with Crippen LogP contribution in [0.5, 0.6) is 0 Å². The summed E-state index contributed by atoms with van der Waals surface area (Å²) >= 11 is 0. The van der Waals surface area contributed by atoms with Crippen molar-refractivity contribution in [3.8, 4) is 0 Å². The lowest BCUT2D eigenvalue weighted by atomic mass is 10.00. The highest BCUT2D eigenvalue weighted by Crippen LogP contribution is 2.19. The number of aromatic nitrogens is 2. The van der Waals surface area contributed by atoms with Crippen LogP contribution in [0.4, 0.5) is 11.5 Å². The van der Waals surface area contributed by atoms with Crippen LogP contribution in [0, 0.1) is 5.92 Å². The molecule has 0 fully saturated rings. The van der Waals surface area contributed by atoms with E-state index in [0.717, 1.165) is 24.8 Å². The number of amides is 1. The molecule has 8 nitrogen and oxygen atoms in total. The van der Waals surface area contributed by atoms with Crippen LogP contribution in [-0.4, -0.2) is 28.5 Å². The van der Waals surface area contributed by atoms with Crippen LogP contribution in [0.1, 0.15) is 71.0 Å². The Morgan fingerprint density at radius 1 is 1.12 bits per heavy atom. The number of unbranched alkanes of at least 4 members (excludes halogenated alkanes) is 1. The monoisotopic (exact) mass is 457 g/mol. The van der Waals surface area contributed by atoms with E-state index in [9.17, 15) is 14.4 Å². The van der Waals surface area contributed by atoms with Gasteiger partial charge in [0.2, 0.25) is 5.91 Å². The zero-order valence-corrected chi connectivity index (χ0v) is 20.6. The van der Waals surface area contributed by atoms with Crippen LogP contribution in [0.3, 0.4) is 0 Å². The summed E-state index contributed by atoms with van der Waals surface area (Å²) < 4.78 is 1.38. The molecule has 0 aliphatic carbocycles. The molecule has 2 rings (SSSR count). The first-order valence-electron chi connectivity index (χ1n) is 11.9. The molecular weight excluding hydrogens is 418 g/mol. The molecule has 1 heterocycles. The first kappa shape index (κ1) is 26.2. The van der Waals surface area contributed by atoms with E-state index >= 15 is 0 Å². The number of rotatable bonds is 12. The van der Waals surface area contributed by atoms with Gasteiger partial charge >= 0.3 is 5.69 Å². The Hall–Kier alpha value is -3.03. The maximum atomic E-state index is 12.9. The van der Waals surface area contributed by atoms with Gasteiger partial charge in [0.05, 0.1) is 12.6 Å². The smallest absolute Gasteiger partial charge is 0.330 e. The van der Waals surface area contributed by atoms with Crippen molar-refractivity contribution in [1.82, 2.24) is 14.9 Å². The maximum absolute atomic E-state index is 12.9. The van der Waals surface area contributed by atoms with Gasteiger partial charge in [-0.05, 0) is 43.2 Å². The molecule has 0 saturated heterocycles. The van der Waals surface area contributed by atoms with Gasteiger partial charge in [-0.25, -0.2) is 4.79 Å². The Bertz CT molecular complexity index is 1020. The number of nitrogen functional groups attached to an aromatic ring is 1. The summed E-state index contributed by atoms with van der Waals surface area (Å²) in [4.78, 5) is 41.7. The molecule has 0 saturated carbocycles. The summed E-state index contributed by atoms with van der Waals surface area (Å²) in [6.45, 7) is 11.1. The number of hydrogen-bond acceptors (Lipinski definition) is 5. The second-order valence-electron chi connectivity index (χ2n) is 9.05. The lowest BCUT2D eigenvalue weighted by molar-refractivity contribution is -0.120. The Morgan fingerprint density at radius 3 is 2.36 bits per heavy atom. The third kappa shape index (κ3) is 7.23. The van der Waals surface area contributed by atoms with Crippen LogP contribution in [0.2, 0.25) is 0 Å². The van der Waals surface area contributed by atoms with Gasteiger partial charge in [0.25, 0.3) is 5.56 Å². The molecule has 1 amide bonds. The van der Waals surface area contributed by atoms with E-state index in [4.69, 9.17) is 5.73 Å². The Labute approximate surface area is 196 Å². The molecule has 2 aromatic rings. The quantitative estimate of drug-likeness (QED) is 0.453. The predicted molar refractivity (Wildman–Crippen MR) is 135 cm³/mol. The summed E-state index contributed by atoms with van der Waals surface area (Å²) in [5.74, 6) is 0.476. The fraction of sp³-hybridized carbons (Fsp3) is 0.560. The van der Waals surface area contributed by atoms with E-state index in [1.54, 1.807) is 4.90 Å². The van der Waals surface area contributed by atoms with Crippen molar-refractivity contribution in [2.24, 2.45) is 5.92 Å². The number of H-pyrrole nitrogens is 1. The number of nitrogens with zero attached hydrogens (tertiary/aromatic N) is 2. The van der Waals surface area contributed by atoms with Crippen molar-refractivity contribution >= 4 is 17.4 Å². The predicted octanol–water partition coefficient (Wildman–Crippen LogP) is 3.21. The molecule has 1 atom stereocenters. The van der Waals surface area contributed by atoms with Gasteiger partial charge in [-0.3, -0.25) is 19.1 Å². The van der Waals surface area contributed by atoms with Crippen molar-refractivity contribution in [2.75, 3.05) is 23.7 Å². The minimum atomic E-state index is -0.569. The zero-order chi connectivity index (χ0) is 24.5. The van der Waals surface area contributed by atoms with Gasteiger partial charge in [-0.1, -0.05) is 58.4 Å². The van der Waals surface area contributed by atoms with E-state index in [-0.39, 0.29) is 30.0 Å². The number of carbonyl (C=O) groups excluding carboxylic acids is 1. The molecule has 33 heavy (non-hydrogen) atoms. The number of nitrogens with one attached hydrogen (secondary N) is 2. The Morgan fingerprint density at radius 2 is 1.79 bits per heavy atom. The van der Waals surface area contributed by atoms with E-state index in [0.29, 0.717) is 25.4 Å².